The van der Waals surface area contributed by atoms with Crippen molar-refractivity contribution in [3.63, 3.8) is 0 Å². The van der Waals surface area contributed by atoms with Crippen molar-refractivity contribution >= 4 is 43.2 Å². The van der Waals surface area contributed by atoms with Gasteiger partial charge in [-0.1, -0.05) is 32.4 Å². The van der Waals surface area contributed by atoms with Crippen LogP contribution in [0.4, 0.5) is 5.69 Å². The predicted octanol–water partition coefficient (Wildman–Crippen LogP) is 4.28. The van der Waals surface area contributed by atoms with Gasteiger partial charge >= 0.3 is 0 Å². The monoisotopic (exact) mass is 353 g/mol. The molecule has 0 aliphatic heterocycles. The largest absolute Gasteiger partial charge is 0.284 e. The van der Waals surface area contributed by atoms with Gasteiger partial charge in [0, 0.05) is 10.2 Å². The average Bonchev–Trinajstić information content (AvgIpc) is 2.20. The lowest BCUT2D eigenvalue weighted by Gasteiger charge is -2.18. The van der Waals surface area contributed by atoms with Gasteiger partial charge in [0.15, 0.2) is 0 Å². The summed E-state index contributed by atoms with van der Waals surface area (Å²) in [6, 6.07) is 4.94. The van der Waals surface area contributed by atoms with Gasteiger partial charge in [-0.25, -0.2) is 8.42 Å². The first kappa shape index (κ1) is 15.8. The van der Waals surface area contributed by atoms with E-state index in [1.807, 2.05) is 20.8 Å². The first-order valence-corrected chi connectivity index (χ1v) is 8.37. The average molecular weight is 355 g/mol. The van der Waals surface area contributed by atoms with Gasteiger partial charge in [-0.15, -0.1) is 0 Å². The third kappa shape index (κ3) is 5.59. The van der Waals surface area contributed by atoms with E-state index in [-0.39, 0.29) is 11.2 Å². The fourth-order valence-corrected chi connectivity index (χ4v) is 3.20. The first-order valence-electron chi connectivity index (χ1n) is 5.55. The molecule has 0 unspecified atom stereocenters. The highest BCUT2D eigenvalue weighted by atomic mass is 79.9. The van der Waals surface area contributed by atoms with Gasteiger partial charge in [-0.3, -0.25) is 4.72 Å². The van der Waals surface area contributed by atoms with Crippen molar-refractivity contribution in [1.29, 1.82) is 0 Å². The number of rotatable bonds is 4. The minimum atomic E-state index is -3.31. The van der Waals surface area contributed by atoms with Crippen molar-refractivity contribution in [2.24, 2.45) is 5.41 Å². The highest BCUT2D eigenvalue weighted by molar-refractivity contribution is 9.10. The van der Waals surface area contributed by atoms with Crippen molar-refractivity contribution in [2.75, 3.05) is 10.5 Å². The van der Waals surface area contributed by atoms with Crippen LogP contribution in [0.25, 0.3) is 0 Å². The molecule has 0 saturated heterocycles. The van der Waals surface area contributed by atoms with E-state index in [9.17, 15) is 8.42 Å². The van der Waals surface area contributed by atoms with Gasteiger partial charge in [-0.05, 0) is 46.0 Å². The second-order valence-electron chi connectivity index (χ2n) is 5.36. The molecule has 0 saturated carbocycles. The van der Waals surface area contributed by atoms with E-state index in [1.54, 1.807) is 18.2 Å². The number of nitrogens with one attached hydrogen (secondary N) is 1. The number of halogens is 2. The third-order valence-corrected chi connectivity index (χ3v) is 4.82. The van der Waals surface area contributed by atoms with E-state index in [0.29, 0.717) is 21.6 Å². The maximum absolute atomic E-state index is 11.9. The number of anilines is 1. The van der Waals surface area contributed by atoms with Crippen LogP contribution in [0.15, 0.2) is 22.7 Å². The molecule has 102 valence electrons. The van der Waals surface area contributed by atoms with Crippen LogP contribution in [0.3, 0.4) is 0 Å². The zero-order valence-electron chi connectivity index (χ0n) is 10.6. The summed E-state index contributed by atoms with van der Waals surface area (Å²) in [5, 5.41) is 0.549. The molecule has 0 atom stereocenters. The summed E-state index contributed by atoms with van der Waals surface area (Å²) in [5.74, 6) is 0.108. The molecule has 0 bridgehead atoms. The summed E-state index contributed by atoms with van der Waals surface area (Å²) < 4.78 is 27.0. The molecular weight excluding hydrogens is 338 g/mol. The molecule has 0 radical (unpaired) electrons. The van der Waals surface area contributed by atoms with Crippen LogP contribution in [-0.2, 0) is 10.0 Å². The Bertz CT molecular complexity index is 523. The van der Waals surface area contributed by atoms with E-state index in [1.165, 1.54) is 0 Å². The van der Waals surface area contributed by atoms with Crippen LogP contribution in [0.1, 0.15) is 27.2 Å². The first-order chi connectivity index (χ1) is 8.09. The van der Waals surface area contributed by atoms with E-state index in [2.05, 4.69) is 20.7 Å². The molecule has 1 aromatic rings. The summed E-state index contributed by atoms with van der Waals surface area (Å²) in [4.78, 5) is 0. The van der Waals surface area contributed by atoms with Crippen molar-refractivity contribution in [3.8, 4) is 0 Å². The fraction of sp³-hybridized carbons (Fsp3) is 0.500. The Balaban J connectivity index is 2.74. The van der Waals surface area contributed by atoms with E-state index in [4.69, 9.17) is 11.6 Å². The standard InChI is InChI=1S/C12H17BrClNO2S/c1-12(2,3)6-7-18(16,17)15-9-4-5-11(14)10(13)8-9/h4-5,8,15H,6-7H2,1-3H3. The SMILES string of the molecule is CC(C)(C)CCS(=O)(=O)Nc1ccc(Cl)c(Br)c1. The quantitative estimate of drug-likeness (QED) is 0.877. The number of hydrogen-bond donors (Lipinski definition) is 1. The molecule has 0 aliphatic carbocycles. The second kappa shape index (κ2) is 5.80. The Hall–Kier alpha value is -0.260. The van der Waals surface area contributed by atoms with E-state index >= 15 is 0 Å². The van der Waals surface area contributed by atoms with Crippen LogP contribution in [0.5, 0.6) is 0 Å². The van der Waals surface area contributed by atoms with E-state index < -0.39 is 10.0 Å². The molecule has 6 heteroatoms. The van der Waals surface area contributed by atoms with Gasteiger partial charge in [0.2, 0.25) is 10.0 Å². The molecule has 0 aromatic heterocycles. The lowest BCUT2D eigenvalue weighted by atomic mass is 9.94. The highest BCUT2D eigenvalue weighted by Crippen LogP contribution is 2.26. The molecule has 18 heavy (non-hydrogen) atoms. The zero-order valence-corrected chi connectivity index (χ0v) is 13.8. The van der Waals surface area contributed by atoms with Crippen molar-refractivity contribution in [3.05, 3.63) is 27.7 Å². The Morgan fingerprint density at radius 1 is 1.33 bits per heavy atom. The van der Waals surface area contributed by atoms with Gasteiger partial charge in [-0.2, -0.15) is 0 Å². The zero-order chi connectivity index (χ0) is 14.0. The lowest BCUT2D eigenvalue weighted by molar-refractivity contribution is 0.397. The lowest BCUT2D eigenvalue weighted by Crippen LogP contribution is -2.20. The summed E-state index contributed by atoms with van der Waals surface area (Å²) in [7, 11) is -3.31. The van der Waals surface area contributed by atoms with Crippen molar-refractivity contribution < 1.29 is 8.42 Å². The molecule has 1 N–H and O–H groups in total. The number of sulfonamides is 1. The van der Waals surface area contributed by atoms with Gasteiger partial charge in [0.25, 0.3) is 0 Å². The highest BCUT2D eigenvalue weighted by Gasteiger charge is 2.17. The van der Waals surface area contributed by atoms with Crippen LogP contribution in [0, 0.1) is 5.41 Å². The van der Waals surface area contributed by atoms with Crippen LogP contribution < -0.4 is 4.72 Å². The molecule has 1 rings (SSSR count). The van der Waals surface area contributed by atoms with Gasteiger partial charge < -0.3 is 0 Å². The normalized spacial score (nSPS) is 12.5. The summed E-state index contributed by atoms with van der Waals surface area (Å²) in [6.45, 7) is 6.05. The Morgan fingerprint density at radius 3 is 2.44 bits per heavy atom. The maximum Gasteiger partial charge on any atom is 0.232 e. The van der Waals surface area contributed by atoms with Crippen molar-refractivity contribution in [2.45, 2.75) is 27.2 Å². The second-order valence-corrected chi connectivity index (χ2v) is 8.46. The third-order valence-electron chi connectivity index (χ3n) is 2.31. The maximum atomic E-state index is 11.9. The molecule has 0 fully saturated rings. The number of benzene rings is 1. The molecule has 0 amide bonds. The Labute approximate surface area is 122 Å². The minimum absolute atomic E-state index is 0.00463. The predicted molar refractivity (Wildman–Crippen MR) is 80.6 cm³/mol. The molecule has 0 heterocycles. The topological polar surface area (TPSA) is 46.2 Å². The smallest absolute Gasteiger partial charge is 0.232 e. The van der Waals surface area contributed by atoms with Crippen LogP contribution >= 0.6 is 27.5 Å². The molecule has 3 nitrogen and oxygen atoms in total. The van der Waals surface area contributed by atoms with Gasteiger partial charge in [0.05, 0.1) is 10.8 Å². The molecule has 1 aromatic carbocycles. The van der Waals surface area contributed by atoms with Crippen LogP contribution in [-0.4, -0.2) is 14.2 Å². The molecule has 0 spiro atoms. The van der Waals surface area contributed by atoms with Crippen molar-refractivity contribution in [1.82, 2.24) is 0 Å². The molecular formula is C12H17BrClNO2S. The summed E-state index contributed by atoms with van der Waals surface area (Å²) in [6.07, 6.45) is 0.608. The van der Waals surface area contributed by atoms with Crippen LogP contribution in [0.2, 0.25) is 5.02 Å². The Kier molecular flexibility index (Phi) is 5.09. The van der Waals surface area contributed by atoms with Gasteiger partial charge in [0.1, 0.15) is 0 Å². The van der Waals surface area contributed by atoms with E-state index in [0.717, 1.165) is 0 Å². The Morgan fingerprint density at radius 2 is 1.94 bits per heavy atom. The summed E-state index contributed by atoms with van der Waals surface area (Å²) in [5.41, 5.74) is 0.509. The number of hydrogen-bond acceptors (Lipinski definition) is 2. The fourth-order valence-electron chi connectivity index (χ4n) is 1.23. The summed E-state index contributed by atoms with van der Waals surface area (Å²) >= 11 is 9.11. The molecule has 0 aliphatic rings. The minimum Gasteiger partial charge on any atom is -0.284 e.